The van der Waals surface area contributed by atoms with Crippen molar-refractivity contribution in [3.8, 4) is 5.75 Å². The summed E-state index contributed by atoms with van der Waals surface area (Å²) in [5, 5.41) is 6.76. The fraction of sp³-hybridized carbons (Fsp3) is 0.250. The fourth-order valence-electron chi connectivity index (χ4n) is 2.06. The molecule has 2 N–H and O–H groups in total. The Morgan fingerprint density at radius 2 is 1.93 bits per heavy atom. The van der Waals surface area contributed by atoms with Gasteiger partial charge in [-0.1, -0.05) is 48.9 Å². The van der Waals surface area contributed by atoms with Gasteiger partial charge in [-0.25, -0.2) is 5.43 Å². The zero-order chi connectivity index (χ0) is 19.6. The second-order valence-corrected chi connectivity index (χ2v) is 6.35. The average molecular weight is 388 g/mol. The lowest BCUT2D eigenvalue weighted by atomic mass is 10.2. The number of carbonyl (C=O) groups is 2. The Labute approximate surface area is 163 Å². The normalized spacial score (nSPS) is 11.8. The van der Waals surface area contributed by atoms with Crippen LogP contribution in [0.1, 0.15) is 31.4 Å². The van der Waals surface area contributed by atoms with E-state index in [0.29, 0.717) is 22.9 Å². The van der Waals surface area contributed by atoms with Crippen LogP contribution in [0.4, 0.5) is 0 Å². The first kappa shape index (κ1) is 20.5. The van der Waals surface area contributed by atoms with Gasteiger partial charge < -0.3 is 10.1 Å². The molecule has 0 spiro atoms. The van der Waals surface area contributed by atoms with E-state index in [0.717, 1.165) is 12.0 Å². The van der Waals surface area contributed by atoms with Gasteiger partial charge in [0.05, 0.1) is 11.2 Å². The zero-order valence-electron chi connectivity index (χ0n) is 15.2. The second kappa shape index (κ2) is 10.3. The minimum atomic E-state index is -0.819. The molecule has 2 aromatic rings. The number of nitrogens with one attached hydrogen (secondary N) is 2. The van der Waals surface area contributed by atoms with Gasteiger partial charge in [-0.2, -0.15) is 5.10 Å². The Morgan fingerprint density at radius 3 is 2.59 bits per heavy atom. The number of ether oxygens (including phenoxy) is 1. The van der Waals surface area contributed by atoms with Crippen LogP contribution >= 0.6 is 11.6 Å². The van der Waals surface area contributed by atoms with Gasteiger partial charge >= 0.3 is 11.8 Å². The standard InChI is InChI=1S/C20H22ClN3O3/c1-3-14(2)23-19(25)20(26)24-22-12-16-9-10-18(17(21)11-16)27-13-15-7-5-4-6-8-15/h4-12,14H,3,13H2,1-2H3,(H,23,25)(H,24,26)/b22-12-/t14-/m1/s1. The maximum Gasteiger partial charge on any atom is 0.329 e. The van der Waals surface area contributed by atoms with Crippen molar-refractivity contribution in [1.82, 2.24) is 10.7 Å². The molecule has 0 radical (unpaired) electrons. The van der Waals surface area contributed by atoms with Crippen molar-refractivity contribution in [2.45, 2.75) is 32.9 Å². The molecule has 0 fully saturated rings. The van der Waals surface area contributed by atoms with Crippen molar-refractivity contribution >= 4 is 29.6 Å². The molecule has 0 unspecified atom stereocenters. The van der Waals surface area contributed by atoms with Crippen LogP contribution in [0.15, 0.2) is 53.6 Å². The lowest BCUT2D eigenvalue weighted by Gasteiger charge is -2.09. The summed E-state index contributed by atoms with van der Waals surface area (Å²) in [7, 11) is 0. The molecule has 0 saturated carbocycles. The maximum atomic E-state index is 11.6. The number of amides is 2. The monoisotopic (exact) mass is 387 g/mol. The summed E-state index contributed by atoms with van der Waals surface area (Å²) in [6.07, 6.45) is 2.14. The van der Waals surface area contributed by atoms with Crippen LogP contribution in [-0.4, -0.2) is 24.1 Å². The van der Waals surface area contributed by atoms with E-state index in [1.54, 1.807) is 18.2 Å². The van der Waals surface area contributed by atoms with Gasteiger partial charge in [0, 0.05) is 6.04 Å². The number of hydrogen-bond acceptors (Lipinski definition) is 4. The highest BCUT2D eigenvalue weighted by Gasteiger charge is 2.14. The molecule has 0 saturated heterocycles. The Bertz CT molecular complexity index is 809. The van der Waals surface area contributed by atoms with Crippen molar-refractivity contribution in [3.05, 3.63) is 64.7 Å². The second-order valence-electron chi connectivity index (χ2n) is 5.95. The van der Waals surface area contributed by atoms with Crippen LogP contribution in [0.25, 0.3) is 0 Å². The molecule has 0 aliphatic carbocycles. The molecule has 7 heteroatoms. The predicted molar refractivity (Wildman–Crippen MR) is 106 cm³/mol. The highest BCUT2D eigenvalue weighted by molar-refractivity contribution is 6.35. The third-order valence-corrected chi connectivity index (χ3v) is 4.06. The number of carbonyl (C=O) groups excluding carboxylic acids is 2. The van der Waals surface area contributed by atoms with Crippen molar-refractivity contribution in [3.63, 3.8) is 0 Å². The minimum absolute atomic E-state index is 0.0746. The first-order chi connectivity index (χ1) is 13.0. The van der Waals surface area contributed by atoms with Gasteiger partial charge in [0.2, 0.25) is 0 Å². The van der Waals surface area contributed by atoms with Crippen molar-refractivity contribution in [1.29, 1.82) is 0 Å². The number of rotatable bonds is 7. The molecule has 0 bridgehead atoms. The van der Waals surface area contributed by atoms with Crippen molar-refractivity contribution < 1.29 is 14.3 Å². The average Bonchev–Trinajstić information content (AvgIpc) is 2.67. The molecule has 0 aliphatic rings. The molecular formula is C20H22ClN3O3. The van der Waals surface area contributed by atoms with E-state index in [1.165, 1.54) is 6.21 Å². The molecule has 1 atom stereocenters. The van der Waals surface area contributed by atoms with Crippen LogP contribution in [-0.2, 0) is 16.2 Å². The van der Waals surface area contributed by atoms with Crippen LogP contribution in [0.2, 0.25) is 5.02 Å². The SMILES string of the molecule is CC[C@@H](C)NC(=O)C(=O)N/N=C\c1ccc(OCc2ccccc2)c(Cl)c1. The highest BCUT2D eigenvalue weighted by atomic mass is 35.5. The molecule has 2 aromatic carbocycles. The quantitative estimate of drug-likeness (QED) is 0.434. The van der Waals surface area contributed by atoms with E-state index >= 15 is 0 Å². The van der Waals surface area contributed by atoms with E-state index in [9.17, 15) is 9.59 Å². The molecule has 0 heterocycles. The van der Waals surface area contributed by atoms with E-state index in [-0.39, 0.29) is 6.04 Å². The number of hydrazone groups is 1. The first-order valence-corrected chi connectivity index (χ1v) is 8.97. The van der Waals surface area contributed by atoms with Crippen LogP contribution in [0.5, 0.6) is 5.75 Å². The van der Waals surface area contributed by atoms with Crippen LogP contribution < -0.4 is 15.5 Å². The molecule has 0 aliphatic heterocycles. The van der Waals surface area contributed by atoms with Gasteiger partial charge in [0.1, 0.15) is 12.4 Å². The Balaban J connectivity index is 1.88. The van der Waals surface area contributed by atoms with Crippen LogP contribution in [0.3, 0.4) is 0 Å². The lowest BCUT2D eigenvalue weighted by Crippen LogP contribution is -2.41. The maximum absolute atomic E-state index is 11.6. The summed E-state index contributed by atoms with van der Waals surface area (Å²) in [6, 6.07) is 14.8. The van der Waals surface area contributed by atoms with E-state index in [4.69, 9.17) is 16.3 Å². The molecule has 2 rings (SSSR count). The number of hydrogen-bond donors (Lipinski definition) is 2. The molecule has 142 valence electrons. The molecule has 27 heavy (non-hydrogen) atoms. The van der Waals surface area contributed by atoms with E-state index in [2.05, 4.69) is 15.8 Å². The number of nitrogens with zero attached hydrogens (tertiary/aromatic N) is 1. The van der Waals surface area contributed by atoms with E-state index in [1.807, 2.05) is 44.2 Å². The topological polar surface area (TPSA) is 79.8 Å². The molecular weight excluding hydrogens is 366 g/mol. The summed E-state index contributed by atoms with van der Waals surface area (Å²) in [5.74, 6) is -0.987. The Morgan fingerprint density at radius 1 is 1.19 bits per heavy atom. The van der Waals surface area contributed by atoms with Gasteiger partial charge in [-0.05, 0) is 42.7 Å². The zero-order valence-corrected chi connectivity index (χ0v) is 16.0. The summed E-state index contributed by atoms with van der Waals surface area (Å²) < 4.78 is 5.70. The number of benzene rings is 2. The summed E-state index contributed by atoms with van der Waals surface area (Å²) >= 11 is 6.22. The lowest BCUT2D eigenvalue weighted by molar-refractivity contribution is -0.139. The smallest absolute Gasteiger partial charge is 0.329 e. The summed E-state index contributed by atoms with van der Waals surface area (Å²) in [6.45, 7) is 4.14. The van der Waals surface area contributed by atoms with Gasteiger partial charge in [-0.3, -0.25) is 9.59 Å². The Hall–Kier alpha value is -2.86. The van der Waals surface area contributed by atoms with Crippen molar-refractivity contribution in [2.75, 3.05) is 0 Å². The van der Waals surface area contributed by atoms with Crippen molar-refractivity contribution in [2.24, 2.45) is 5.10 Å². The third kappa shape index (κ3) is 6.75. The van der Waals surface area contributed by atoms with E-state index < -0.39 is 11.8 Å². The summed E-state index contributed by atoms with van der Waals surface area (Å²) in [4.78, 5) is 23.3. The van der Waals surface area contributed by atoms with Gasteiger partial charge in [0.25, 0.3) is 0 Å². The molecule has 6 nitrogen and oxygen atoms in total. The minimum Gasteiger partial charge on any atom is -0.487 e. The first-order valence-electron chi connectivity index (χ1n) is 8.59. The highest BCUT2D eigenvalue weighted by Crippen LogP contribution is 2.25. The predicted octanol–water partition coefficient (Wildman–Crippen LogP) is 3.28. The third-order valence-electron chi connectivity index (χ3n) is 3.77. The summed E-state index contributed by atoms with van der Waals surface area (Å²) in [5.41, 5.74) is 3.89. The molecule has 2 amide bonds. The van der Waals surface area contributed by atoms with Crippen LogP contribution in [0, 0.1) is 0 Å². The fourth-order valence-corrected chi connectivity index (χ4v) is 2.30. The molecule has 0 aromatic heterocycles. The van der Waals surface area contributed by atoms with Gasteiger partial charge in [0.15, 0.2) is 0 Å². The number of halogens is 1. The van der Waals surface area contributed by atoms with Gasteiger partial charge in [-0.15, -0.1) is 0 Å². The largest absolute Gasteiger partial charge is 0.487 e. The Kier molecular flexibility index (Phi) is 7.82.